The zero-order chi connectivity index (χ0) is 9.14. The van der Waals surface area contributed by atoms with E-state index in [4.69, 9.17) is 19.7 Å². The van der Waals surface area contributed by atoms with E-state index in [1.54, 1.807) is 0 Å². The molecule has 0 aromatic rings. The Bertz CT molecular complexity index is 170. The lowest BCUT2D eigenvalue weighted by Crippen LogP contribution is -2.43. The van der Waals surface area contributed by atoms with E-state index in [1.165, 1.54) is 0 Å². The molecule has 0 amide bonds. The quantitative estimate of drug-likeness (QED) is 0.557. The SMILES string of the molecule is O=C(O)[C@@H]1CO[C@@H](C(=O)O)CO1. The van der Waals surface area contributed by atoms with Crippen LogP contribution in [0.5, 0.6) is 0 Å². The lowest BCUT2D eigenvalue weighted by Gasteiger charge is -2.24. The summed E-state index contributed by atoms with van der Waals surface area (Å²) in [6.45, 7) is -0.432. The van der Waals surface area contributed by atoms with Crippen molar-refractivity contribution in [1.29, 1.82) is 0 Å². The zero-order valence-corrected chi connectivity index (χ0v) is 6.10. The molecule has 1 saturated heterocycles. The van der Waals surface area contributed by atoms with Crippen LogP contribution in [-0.4, -0.2) is 47.6 Å². The Morgan fingerprint density at radius 2 is 1.33 bits per heavy atom. The van der Waals surface area contributed by atoms with Crippen LogP contribution in [0.2, 0.25) is 0 Å². The smallest absolute Gasteiger partial charge is 0.335 e. The zero-order valence-electron chi connectivity index (χ0n) is 6.10. The Kier molecular flexibility index (Phi) is 2.61. The second-order valence-corrected chi connectivity index (χ2v) is 2.32. The third-order valence-electron chi connectivity index (χ3n) is 1.45. The van der Waals surface area contributed by atoms with Crippen molar-refractivity contribution >= 4 is 11.9 Å². The van der Waals surface area contributed by atoms with Crippen LogP contribution >= 0.6 is 0 Å². The van der Waals surface area contributed by atoms with Crippen LogP contribution in [-0.2, 0) is 19.1 Å². The molecule has 1 fully saturated rings. The Labute approximate surface area is 67.7 Å². The highest BCUT2D eigenvalue weighted by atomic mass is 16.6. The van der Waals surface area contributed by atoms with Gasteiger partial charge in [-0.25, -0.2) is 9.59 Å². The molecule has 12 heavy (non-hydrogen) atoms. The van der Waals surface area contributed by atoms with Crippen LogP contribution in [0.15, 0.2) is 0 Å². The highest BCUT2D eigenvalue weighted by molar-refractivity contribution is 5.74. The average Bonchev–Trinajstić information content (AvgIpc) is 2.04. The summed E-state index contributed by atoms with van der Waals surface area (Å²) in [6, 6.07) is 0. The molecule has 0 aromatic heterocycles. The number of carboxylic acids is 2. The van der Waals surface area contributed by atoms with Crippen molar-refractivity contribution in [3.05, 3.63) is 0 Å². The maximum Gasteiger partial charge on any atom is 0.335 e. The first-order valence-electron chi connectivity index (χ1n) is 3.30. The minimum atomic E-state index is -1.14. The third-order valence-corrected chi connectivity index (χ3v) is 1.45. The van der Waals surface area contributed by atoms with Gasteiger partial charge in [-0.15, -0.1) is 0 Å². The predicted molar refractivity (Wildman–Crippen MR) is 34.8 cm³/mol. The molecule has 1 aliphatic rings. The van der Waals surface area contributed by atoms with Crippen molar-refractivity contribution in [3.63, 3.8) is 0 Å². The summed E-state index contributed by atoms with van der Waals surface area (Å²) >= 11 is 0. The largest absolute Gasteiger partial charge is 0.479 e. The summed E-state index contributed by atoms with van der Waals surface area (Å²) in [5.74, 6) is -2.28. The lowest BCUT2D eigenvalue weighted by molar-refractivity contribution is -0.187. The molecular formula is C6H8O6. The molecule has 6 heteroatoms. The molecule has 1 rings (SSSR count). The van der Waals surface area contributed by atoms with E-state index in [0.29, 0.717) is 0 Å². The van der Waals surface area contributed by atoms with Crippen LogP contribution in [0.3, 0.4) is 0 Å². The van der Waals surface area contributed by atoms with Crippen molar-refractivity contribution in [2.75, 3.05) is 13.2 Å². The van der Waals surface area contributed by atoms with Gasteiger partial charge in [0.1, 0.15) is 0 Å². The number of aliphatic carboxylic acids is 2. The standard InChI is InChI=1S/C6H8O6/c7-5(8)3-1-11-4(2-12-3)6(9)10/h3-4H,1-2H2,(H,7,8)(H,9,10)/t3-,4+. The summed E-state index contributed by atoms with van der Waals surface area (Å²) in [5.41, 5.74) is 0. The Hall–Kier alpha value is -1.14. The second kappa shape index (κ2) is 3.51. The Morgan fingerprint density at radius 3 is 1.50 bits per heavy atom. The van der Waals surface area contributed by atoms with Gasteiger partial charge in [-0.1, -0.05) is 0 Å². The first-order chi connectivity index (χ1) is 5.61. The van der Waals surface area contributed by atoms with Crippen molar-refractivity contribution < 1.29 is 29.3 Å². The molecule has 1 heterocycles. The molecule has 1 aliphatic heterocycles. The van der Waals surface area contributed by atoms with Crippen LogP contribution in [0, 0.1) is 0 Å². The molecular weight excluding hydrogens is 168 g/mol. The maximum atomic E-state index is 10.3. The number of ether oxygens (including phenoxy) is 2. The van der Waals surface area contributed by atoms with Gasteiger partial charge in [0.25, 0.3) is 0 Å². The van der Waals surface area contributed by atoms with Crippen LogP contribution in [0.25, 0.3) is 0 Å². The van der Waals surface area contributed by atoms with E-state index in [2.05, 4.69) is 0 Å². The Balaban J connectivity index is 2.39. The molecule has 68 valence electrons. The molecule has 0 saturated carbocycles. The number of rotatable bonds is 2. The minimum Gasteiger partial charge on any atom is -0.479 e. The molecule has 6 nitrogen and oxygen atoms in total. The van der Waals surface area contributed by atoms with Crippen molar-refractivity contribution in [2.45, 2.75) is 12.2 Å². The Morgan fingerprint density at radius 1 is 1.00 bits per heavy atom. The topological polar surface area (TPSA) is 93.1 Å². The fourth-order valence-electron chi connectivity index (χ4n) is 0.788. The van der Waals surface area contributed by atoms with E-state index >= 15 is 0 Å². The molecule has 2 N–H and O–H groups in total. The summed E-state index contributed by atoms with van der Waals surface area (Å²) in [7, 11) is 0. The normalized spacial score (nSPS) is 29.7. The van der Waals surface area contributed by atoms with Gasteiger partial charge in [-0.2, -0.15) is 0 Å². The number of hydrogen-bond donors (Lipinski definition) is 2. The summed E-state index contributed by atoms with van der Waals surface area (Å²) in [5, 5.41) is 16.8. The third kappa shape index (κ3) is 1.93. The van der Waals surface area contributed by atoms with Gasteiger partial charge in [-0.05, 0) is 0 Å². The van der Waals surface area contributed by atoms with E-state index in [0.717, 1.165) is 0 Å². The van der Waals surface area contributed by atoms with Crippen molar-refractivity contribution in [3.8, 4) is 0 Å². The minimum absolute atomic E-state index is 0.216. The first kappa shape index (κ1) is 8.95. The highest BCUT2D eigenvalue weighted by Crippen LogP contribution is 2.07. The van der Waals surface area contributed by atoms with Gasteiger partial charge in [0.15, 0.2) is 12.2 Å². The van der Waals surface area contributed by atoms with Crippen molar-refractivity contribution in [2.24, 2.45) is 0 Å². The van der Waals surface area contributed by atoms with E-state index < -0.39 is 24.1 Å². The van der Waals surface area contributed by atoms with Crippen LogP contribution in [0.1, 0.15) is 0 Å². The molecule has 0 spiro atoms. The maximum absolute atomic E-state index is 10.3. The predicted octanol–water partition coefficient (Wildman–Crippen LogP) is -1.06. The summed E-state index contributed by atoms with van der Waals surface area (Å²) < 4.78 is 9.42. The number of carbonyl (C=O) groups is 2. The lowest BCUT2D eigenvalue weighted by atomic mass is 10.3. The van der Waals surface area contributed by atoms with E-state index in [1.807, 2.05) is 0 Å². The summed E-state index contributed by atoms with van der Waals surface area (Å²) in [6.07, 6.45) is -2.08. The van der Waals surface area contributed by atoms with Gasteiger partial charge in [-0.3, -0.25) is 0 Å². The monoisotopic (exact) mass is 176 g/mol. The van der Waals surface area contributed by atoms with Gasteiger partial charge in [0.05, 0.1) is 13.2 Å². The average molecular weight is 176 g/mol. The number of carboxylic acid groups (broad SMARTS) is 2. The summed E-state index contributed by atoms with van der Waals surface area (Å²) in [4.78, 5) is 20.6. The molecule has 0 radical (unpaired) electrons. The fourth-order valence-corrected chi connectivity index (χ4v) is 0.788. The fraction of sp³-hybridized carbons (Fsp3) is 0.667. The number of hydrogen-bond acceptors (Lipinski definition) is 4. The molecule has 0 aromatic carbocycles. The molecule has 2 atom stereocenters. The first-order valence-corrected chi connectivity index (χ1v) is 3.30. The highest BCUT2D eigenvalue weighted by Gasteiger charge is 2.30. The molecule has 0 bridgehead atoms. The van der Waals surface area contributed by atoms with Gasteiger partial charge in [0.2, 0.25) is 0 Å². The van der Waals surface area contributed by atoms with Crippen LogP contribution in [0.4, 0.5) is 0 Å². The second-order valence-electron chi connectivity index (χ2n) is 2.32. The molecule has 0 aliphatic carbocycles. The van der Waals surface area contributed by atoms with E-state index in [9.17, 15) is 9.59 Å². The van der Waals surface area contributed by atoms with Gasteiger partial charge < -0.3 is 19.7 Å². The van der Waals surface area contributed by atoms with Crippen molar-refractivity contribution in [1.82, 2.24) is 0 Å². The molecule has 0 unspecified atom stereocenters. The van der Waals surface area contributed by atoms with Gasteiger partial charge in [0, 0.05) is 0 Å². The van der Waals surface area contributed by atoms with Crippen LogP contribution < -0.4 is 0 Å². The van der Waals surface area contributed by atoms with Gasteiger partial charge >= 0.3 is 11.9 Å². The van der Waals surface area contributed by atoms with E-state index in [-0.39, 0.29) is 13.2 Å².